The van der Waals surface area contributed by atoms with Crippen LogP contribution in [-0.4, -0.2) is 72.0 Å². The number of anilines is 1. The number of thiazole rings is 1. The molecular weight excluding hydrogens is 414 g/mol. The lowest BCUT2D eigenvalue weighted by Crippen LogP contribution is -2.50. The van der Waals surface area contributed by atoms with E-state index in [1.807, 2.05) is 57.3 Å². The monoisotopic (exact) mass is 445 g/mol. The molecule has 168 valence electrons. The lowest BCUT2D eigenvalue weighted by atomic mass is 10.2. The zero-order valence-electron chi connectivity index (χ0n) is 18.6. The molecule has 2 heterocycles. The van der Waals surface area contributed by atoms with Gasteiger partial charge in [0.05, 0.1) is 11.9 Å². The number of ether oxygens (including phenoxy) is 2. The third-order valence-electron chi connectivity index (χ3n) is 4.59. The Balaban J connectivity index is 1.42. The first kappa shape index (κ1) is 23.0. The number of amides is 1. The van der Waals surface area contributed by atoms with Crippen molar-refractivity contribution in [1.82, 2.24) is 14.8 Å². The van der Waals surface area contributed by atoms with E-state index in [-0.39, 0.29) is 6.09 Å². The molecule has 1 aromatic heterocycles. The summed E-state index contributed by atoms with van der Waals surface area (Å²) in [6, 6.07) is 7.81. The van der Waals surface area contributed by atoms with E-state index < -0.39 is 5.60 Å². The molecule has 31 heavy (non-hydrogen) atoms. The number of hydrogen-bond acceptors (Lipinski definition) is 8. The second kappa shape index (κ2) is 10.6. The van der Waals surface area contributed by atoms with Crippen molar-refractivity contribution in [1.29, 1.82) is 0 Å². The molecule has 1 aromatic carbocycles. The van der Waals surface area contributed by atoms with Crippen LogP contribution >= 0.6 is 11.3 Å². The van der Waals surface area contributed by atoms with E-state index in [0.29, 0.717) is 19.7 Å². The van der Waals surface area contributed by atoms with Gasteiger partial charge in [0, 0.05) is 43.7 Å². The number of rotatable bonds is 7. The number of aryl methyl sites for hydroxylation is 1. The third-order valence-corrected chi connectivity index (χ3v) is 5.46. The molecule has 1 fully saturated rings. The van der Waals surface area contributed by atoms with Gasteiger partial charge in [-0.25, -0.2) is 9.78 Å². The molecule has 1 saturated heterocycles. The van der Waals surface area contributed by atoms with Crippen molar-refractivity contribution in [2.45, 2.75) is 33.3 Å². The van der Waals surface area contributed by atoms with Gasteiger partial charge in [-0.2, -0.15) is 5.10 Å². The van der Waals surface area contributed by atoms with Crippen molar-refractivity contribution in [3.63, 3.8) is 0 Å². The van der Waals surface area contributed by atoms with Gasteiger partial charge in [-0.05, 0) is 39.8 Å². The normalized spacial score (nSPS) is 15.3. The standard InChI is InChI=1S/C22H31N5O3S/c1-17-16-31-20(24-17)25-23-15-18-7-5-6-8-19(18)29-14-13-26-9-11-27(12-10-26)21(28)30-22(2,3)4/h5-8,15-16H,9-14H2,1-4H3,(H,24,25). The molecule has 2 aromatic rings. The molecule has 1 amide bonds. The maximum atomic E-state index is 12.2. The second-order valence-electron chi connectivity index (χ2n) is 8.36. The summed E-state index contributed by atoms with van der Waals surface area (Å²) in [6.45, 7) is 11.9. The SMILES string of the molecule is Cc1csc(NN=Cc2ccccc2OCCN2CCN(C(=O)OC(C)(C)C)CC2)n1. The number of para-hydroxylation sites is 1. The summed E-state index contributed by atoms with van der Waals surface area (Å²) < 4.78 is 11.5. The van der Waals surface area contributed by atoms with Crippen molar-refractivity contribution in [3.05, 3.63) is 40.9 Å². The van der Waals surface area contributed by atoms with E-state index >= 15 is 0 Å². The second-order valence-corrected chi connectivity index (χ2v) is 9.22. The van der Waals surface area contributed by atoms with Crippen LogP contribution in [0, 0.1) is 6.92 Å². The number of hydrogen-bond donors (Lipinski definition) is 1. The Bertz CT molecular complexity index is 885. The molecule has 0 aliphatic carbocycles. The van der Waals surface area contributed by atoms with Crippen molar-refractivity contribution >= 4 is 28.8 Å². The average molecular weight is 446 g/mol. The fourth-order valence-corrected chi connectivity index (χ4v) is 3.68. The quantitative estimate of drug-likeness (QED) is 0.515. The van der Waals surface area contributed by atoms with Crippen LogP contribution in [0.15, 0.2) is 34.7 Å². The first-order valence-corrected chi connectivity index (χ1v) is 11.3. The molecule has 1 N–H and O–H groups in total. The van der Waals surface area contributed by atoms with Gasteiger partial charge in [-0.1, -0.05) is 12.1 Å². The van der Waals surface area contributed by atoms with Gasteiger partial charge in [-0.3, -0.25) is 10.3 Å². The molecule has 0 spiro atoms. The van der Waals surface area contributed by atoms with Crippen molar-refractivity contribution < 1.29 is 14.3 Å². The predicted molar refractivity (Wildman–Crippen MR) is 124 cm³/mol. The van der Waals surface area contributed by atoms with Crippen LogP contribution in [0.2, 0.25) is 0 Å². The summed E-state index contributed by atoms with van der Waals surface area (Å²) in [6.07, 6.45) is 1.50. The zero-order valence-corrected chi connectivity index (χ0v) is 19.4. The van der Waals surface area contributed by atoms with E-state index in [2.05, 4.69) is 20.4 Å². The molecule has 9 heteroatoms. The van der Waals surface area contributed by atoms with Gasteiger partial charge in [0.15, 0.2) is 0 Å². The minimum atomic E-state index is -0.465. The van der Waals surface area contributed by atoms with E-state index in [9.17, 15) is 4.79 Å². The van der Waals surface area contributed by atoms with E-state index in [4.69, 9.17) is 9.47 Å². The van der Waals surface area contributed by atoms with Crippen LogP contribution in [0.1, 0.15) is 32.0 Å². The number of nitrogens with zero attached hydrogens (tertiary/aromatic N) is 4. The summed E-state index contributed by atoms with van der Waals surface area (Å²) in [4.78, 5) is 20.6. The third kappa shape index (κ3) is 7.52. The fraction of sp³-hybridized carbons (Fsp3) is 0.500. The van der Waals surface area contributed by atoms with Gasteiger partial charge < -0.3 is 14.4 Å². The van der Waals surface area contributed by atoms with Gasteiger partial charge in [-0.15, -0.1) is 11.3 Å². The van der Waals surface area contributed by atoms with Crippen LogP contribution in [-0.2, 0) is 4.74 Å². The van der Waals surface area contributed by atoms with Crippen LogP contribution < -0.4 is 10.2 Å². The van der Waals surface area contributed by atoms with E-state index in [1.54, 1.807) is 11.1 Å². The Kier molecular flexibility index (Phi) is 7.86. The topological polar surface area (TPSA) is 79.3 Å². The molecule has 0 bridgehead atoms. The van der Waals surface area contributed by atoms with Crippen molar-refractivity contribution in [2.75, 3.05) is 44.8 Å². The Morgan fingerprint density at radius 2 is 2.00 bits per heavy atom. The maximum Gasteiger partial charge on any atom is 0.410 e. The van der Waals surface area contributed by atoms with Crippen molar-refractivity contribution in [3.8, 4) is 5.75 Å². The molecule has 0 saturated carbocycles. The molecule has 8 nitrogen and oxygen atoms in total. The zero-order chi connectivity index (χ0) is 22.3. The Morgan fingerprint density at radius 3 is 2.68 bits per heavy atom. The Hall–Kier alpha value is -2.65. The first-order valence-electron chi connectivity index (χ1n) is 10.4. The summed E-state index contributed by atoms with van der Waals surface area (Å²) in [5.74, 6) is 0.788. The summed E-state index contributed by atoms with van der Waals surface area (Å²) in [5, 5.41) is 7.00. The van der Waals surface area contributed by atoms with Crippen LogP contribution in [0.5, 0.6) is 5.75 Å². The average Bonchev–Trinajstić information content (AvgIpc) is 3.13. The highest BCUT2D eigenvalue weighted by Crippen LogP contribution is 2.18. The minimum Gasteiger partial charge on any atom is -0.492 e. The number of aromatic nitrogens is 1. The number of benzene rings is 1. The molecule has 0 atom stereocenters. The number of piperazine rings is 1. The smallest absolute Gasteiger partial charge is 0.410 e. The van der Waals surface area contributed by atoms with Gasteiger partial charge in [0.2, 0.25) is 5.13 Å². The first-order chi connectivity index (χ1) is 14.8. The molecular formula is C22H31N5O3S. The Morgan fingerprint density at radius 1 is 1.26 bits per heavy atom. The highest BCUT2D eigenvalue weighted by Gasteiger charge is 2.25. The maximum absolute atomic E-state index is 12.2. The van der Waals surface area contributed by atoms with Gasteiger partial charge >= 0.3 is 6.09 Å². The summed E-state index contributed by atoms with van der Waals surface area (Å²) in [7, 11) is 0. The molecule has 1 aliphatic rings. The molecule has 1 aliphatic heterocycles. The number of hydrazone groups is 1. The van der Waals surface area contributed by atoms with Crippen LogP contribution in [0.4, 0.5) is 9.93 Å². The summed E-state index contributed by atoms with van der Waals surface area (Å²) >= 11 is 1.52. The highest BCUT2D eigenvalue weighted by atomic mass is 32.1. The van der Waals surface area contributed by atoms with Crippen LogP contribution in [0.25, 0.3) is 0 Å². The Labute approximate surface area is 187 Å². The molecule has 0 unspecified atom stereocenters. The lowest BCUT2D eigenvalue weighted by molar-refractivity contribution is 0.0137. The van der Waals surface area contributed by atoms with Gasteiger partial charge in [0.1, 0.15) is 18.0 Å². The number of carbonyl (C=O) groups is 1. The predicted octanol–water partition coefficient (Wildman–Crippen LogP) is 3.83. The van der Waals surface area contributed by atoms with Gasteiger partial charge in [0.25, 0.3) is 0 Å². The largest absolute Gasteiger partial charge is 0.492 e. The number of carbonyl (C=O) groups excluding carboxylic acids is 1. The van der Waals surface area contributed by atoms with Crippen molar-refractivity contribution in [2.24, 2.45) is 5.10 Å². The molecule has 0 radical (unpaired) electrons. The lowest BCUT2D eigenvalue weighted by Gasteiger charge is -2.35. The number of nitrogens with one attached hydrogen (secondary N) is 1. The molecule has 3 rings (SSSR count). The minimum absolute atomic E-state index is 0.238. The highest BCUT2D eigenvalue weighted by molar-refractivity contribution is 7.13. The fourth-order valence-electron chi connectivity index (χ4n) is 3.05. The van der Waals surface area contributed by atoms with Crippen LogP contribution in [0.3, 0.4) is 0 Å². The summed E-state index contributed by atoms with van der Waals surface area (Å²) in [5.41, 5.74) is 4.35. The van der Waals surface area contributed by atoms with E-state index in [0.717, 1.165) is 41.8 Å². The van der Waals surface area contributed by atoms with E-state index in [1.165, 1.54) is 11.3 Å².